The van der Waals surface area contributed by atoms with Gasteiger partial charge in [0.05, 0.1) is 0 Å². The maximum absolute atomic E-state index is 13.0. The molecule has 0 bridgehead atoms. The molecule has 0 spiro atoms. The van der Waals surface area contributed by atoms with E-state index in [1.807, 2.05) is 6.92 Å². The summed E-state index contributed by atoms with van der Waals surface area (Å²) >= 11 is 1.27. The van der Waals surface area contributed by atoms with E-state index in [1.165, 1.54) is 23.5 Å². The molecule has 1 aliphatic rings. The minimum atomic E-state index is -0.503. The van der Waals surface area contributed by atoms with Crippen molar-refractivity contribution in [3.05, 3.63) is 47.1 Å². The molecule has 1 aromatic heterocycles. The van der Waals surface area contributed by atoms with Gasteiger partial charge in [-0.15, -0.1) is 11.3 Å². The van der Waals surface area contributed by atoms with Gasteiger partial charge < -0.3 is 9.64 Å². The molecule has 4 nitrogen and oxygen atoms in total. The maximum atomic E-state index is 13.0. The Balaban J connectivity index is 1.58. The Morgan fingerprint density at radius 1 is 1.20 bits per heavy atom. The fourth-order valence-electron chi connectivity index (χ4n) is 2.97. The maximum Gasteiger partial charge on any atom is 0.348 e. The van der Waals surface area contributed by atoms with Crippen LogP contribution in [0, 0.1) is 5.82 Å². The van der Waals surface area contributed by atoms with Crippen molar-refractivity contribution in [3.63, 3.8) is 0 Å². The fraction of sp³-hybridized carbons (Fsp3) is 0.368. The zero-order valence-electron chi connectivity index (χ0n) is 14.0. The first-order chi connectivity index (χ1) is 12.0. The highest BCUT2D eigenvalue weighted by Crippen LogP contribution is 2.28. The summed E-state index contributed by atoms with van der Waals surface area (Å²) in [7, 11) is 0. The summed E-state index contributed by atoms with van der Waals surface area (Å²) in [5.74, 6) is -0.947. The van der Waals surface area contributed by atoms with Crippen molar-refractivity contribution in [2.45, 2.75) is 32.2 Å². The predicted molar refractivity (Wildman–Crippen MR) is 95.0 cm³/mol. The molecule has 2 aromatic rings. The number of carbonyl (C=O) groups is 2. The number of amides is 1. The molecule has 3 rings (SSSR count). The van der Waals surface area contributed by atoms with Crippen LogP contribution < -0.4 is 0 Å². The molecule has 1 saturated heterocycles. The second kappa shape index (κ2) is 7.78. The number of hydrogen-bond acceptors (Lipinski definition) is 4. The molecule has 132 valence electrons. The highest BCUT2D eigenvalue weighted by molar-refractivity contribution is 7.17. The van der Waals surface area contributed by atoms with E-state index in [9.17, 15) is 14.0 Å². The van der Waals surface area contributed by atoms with E-state index in [0.29, 0.717) is 4.88 Å². The molecule has 1 aromatic carbocycles. The summed E-state index contributed by atoms with van der Waals surface area (Å²) in [5, 5.41) is 0. The summed E-state index contributed by atoms with van der Waals surface area (Å²) in [5.41, 5.74) is 0.837. The Kier molecular flexibility index (Phi) is 5.48. The average Bonchev–Trinajstić information content (AvgIpc) is 3.10. The monoisotopic (exact) mass is 361 g/mol. The number of hydrogen-bond donors (Lipinski definition) is 0. The zero-order valence-corrected chi connectivity index (χ0v) is 14.9. The first-order valence-electron chi connectivity index (χ1n) is 8.37. The van der Waals surface area contributed by atoms with Crippen LogP contribution in [0.5, 0.6) is 0 Å². The lowest BCUT2D eigenvalue weighted by Crippen LogP contribution is -2.44. The van der Waals surface area contributed by atoms with Crippen molar-refractivity contribution in [2.24, 2.45) is 0 Å². The molecular formula is C19H20FNO3S. The molecule has 0 aliphatic carbocycles. The van der Waals surface area contributed by atoms with Gasteiger partial charge in [-0.05, 0) is 56.0 Å². The number of benzene rings is 1. The molecule has 1 atom stereocenters. The molecule has 0 radical (unpaired) electrons. The number of nitrogens with zero attached hydrogens (tertiary/aromatic N) is 1. The number of esters is 1. The van der Waals surface area contributed by atoms with Crippen molar-refractivity contribution in [1.82, 2.24) is 4.90 Å². The average molecular weight is 361 g/mol. The first kappa shape index (κ1) is 17.6. The van der Waals surface area contributed by atoms with E-state index in [2.05, 4.69) is 0 Å². The molecule has 6 heteroatoms. The SMILES string of the molecule is CC1CCCCN1C(=O)COC(=O)c1ccc(-c2ccc(F)cc2)s1. The van der Waals surface area contributed by atoms with E-state index in [1.54, 1.807) is 29.2 Å². The molecule has 0 saturated carbocycles. The third kappa shape index (κ3) is 4.25. The highest BCUT2D eigenvalue weighted by atomic mass is 32.1. The van der Waals surface area contributed by atoms with Crippen molar-refractivity contribution in [1.29, 1.82) is 0 Å². The second-order valence-corrected chi connectivity index (χ2v) is 7.26. The number of rotatable bonds is 4. The normalized spacial score (nSPS) is 17.4. The highest BCUT2D eigenvalue weighted by Gasteiger charge is 2.24. The van der Waals surface area contributed by atoms with Gasteiger partial charge in [-0.1, -0.05) is 12.1 Å². The van der Waals surface area contributed by atoms with Crippen molar-refractivity contribution < 1.29 is 18.7 Å². The number of piperidine rings is 1. The van der Waals surface area contributed by atoms with E-state index >= 15 is 0 Å². The Morgan fingerprint density at radius 2 is 1.96 bits per heavy atom. The van der Waals surface area contributed by atoms with Crippen LogP contribution in [0.15, 0.2) is 36.4 Å². The molecule has 0 N–H and O–H groups in total. The van der Waals surface area contributed by atoms with Crippen LogP contribution in [-0.4, -0.2) is 36.0 Å². The third-order valence-corrected chi connectivity index (χ3v) is 5.50. The summed E-state index contributed by atoms with van der Waals surface area (Å²) < 4.78 is 18.2. The van der Waals surface area contributed by atoms with Gasteiger partial charge in [0.25, 0.3) is 5.91 Å². The van der Waals surface area contributed by atoms with Gasteiger partial charge in [-0.3, -0.25) is 4.79 Å². The topological polar surface area (TPSA) is 46.6 Å². The van der Waals surface area contributed by atoms with Gasteiger partial charge in [0.15, 0.2) is 6.61 Å². The minimum absolute atomic E-state index is 0.143. The lowest BCUT2D eigenvalue weighted by Gasteiger charge is -2.33. The number of ether oxygens (including phenoxy) is 1. The lowest BCUT2D eigenvalue weighted by atomic mass is 10.0. The molecule has 25 heavy (non-hydrogen) atoms. The van der Waals surface area contributed by atoms with Crippen LogP contribution in [0.3, 0.4) is 0 Å². The number of halogens is 1. The van der Waals surface area contributed by atoms with Crippen molar-refractivity contribution in [2.75, 3.05) is 13.2 Å². The molecule has 1 amide bonds. The standard InChI is InChI=1S/C19H20FNO3S/c1-13-4-2-3-11-21(13)18(22)12-24-19(23)17-10-9-16(25-17)14-5-7-15(20)8-6-14/h5-10,13H,2-4,11-12H2,1H3. The summed E-state index contributed by atoms with van der Waals surface area (Å²) in [6.45, 7) is 2.52. The van der Waals surface area contributed by atoms with Crippen molar-refractivity contribution in [3.8, 4) is 10.4 Å². The Bertz CT molecular complexity index is 756. The van der Waals surface area contributed by atoms with E-state index < -0.39 is 5.97 Å². The van der Waals surface area contributed by atoms with Crippen LogP contribution in [-0.2, 0) is 9.53 Å². The molecule has 1 fully saturated rings. The predicted octanol–water partition coefficient (Wildman–Crippen LogP) is 4.11. The smallest absolute Gasteiger partial charge is 0.348 e. The second-order valence-electron chi connectivity index (χ2n) is 6.18. The number of carbonyl (C=O) groups excluding carboxylic acids is 2. The van der Waals surface area contributed by atoms with E-state index in [0.717, 1.165) is 36.2 Å². The van der Waals surface area contributed by atoms with Crippen LogP contribution in [0.1, 0.15) is 35.9 Å². The number of thiophene rings is 1. The quantitative estimate of drug-likeness (QED) is 0.770. The zero-order chi connectivity index (χ0) is 17.8. The lowest BCUT2D eigenvalue weighted by molar-refractivity contribution is -0.137. The summed E-state index contributed by atoms with van der Waals surface area (Å²) in [4.78, 5) is 27.5. The van der Waals surface area contributed by atoms with Gasteiger partial charge in [0.1, 0.15) is 10.7 Å². The summed E-state index contributed by atoms with van der Waals surface area (Å²) in [6, 6.07) is 9.75. The van der Waals surface area contributed by atoms with Crippen LogP contribution in [0.2, 0.25) is 0 Å². The first-order valence-corrected chi connectivity index (χ1v) is 9.18. The van der Waals surface area contributed by atoms with Crippen LogP contribution in [0.25, 0.3) is 10.4 Å². The van der Waals surface area contributed by atoms with Gasteiger partial charge in [-0.2, -0.15) is 0 Å². The third-order valence-electron chi connectivity index (χ3n) is 4.39. The fourth-order valence-corrected chi connectivity index (χ4v) is 3.87. The molecule has 2 heterocycles. The van der Waals surface area contributed by atoms with Crippen LogP contribution >= 0.6 is 11.3 Å². The summed E-state index contributed by atoms with van der Waals surface area (Å²) in [6.07, 6.45) is 3.12. The van der Waals surface area contributed by atoms with Crippen molar-refractivity contribution >= 4 is 23.2 Å². The van der Waals surface area contributed by atoms with Gasteiger partial charge in [0.2, 0.25) is 0 Å². The van der Waals surface area contributed by atoms with Gasteiger partial charge in [0, 0.05) is 17.5 Å². The molecule has 1 unspecified atom stereocenters. The number of likely N-dealkylation sites (tertiary alicyclic amines) is 1. The van der Waals surface area contributed by atoms with Crippen LogP contribution in [0.4, 0.5) is 4.39 Å². The minimum Gasteiger partial charge on any atom is -0.451 e. The Labute approximate surface area is 150 Å². The van der Waals surface area contributed by atoms with Gasteiger partial charge >= 0.3 is 5.97 Å². The molecule has 1 aliphatic heterocycles. The van der Waals surface area contributed by atoms with E-state index in [-0.39, 0.29) is 24.4 Å². The molecular weight excluding hydrogens is 341 g/mol. The van der Waals surface area contributed by atoms with E-state index in [4.69, 9.17) is 4.74 Å². The Hall–Kier alpha value is -2.21. The van der Waals surface area contributed by atoms with Gasteiger partial charge in [-0.25, -0.2) is 9.18 Å². The Morgan fingerprint density at radius 3 is 2.68 bits per heavy atom. The largest absolute Gasteiger partial charge is 0.451 e.